The van der Waals surface area contributed by atoms with E-state index in [1.165, 1.54) is 0 Å². The van der Waals surface area contributed by atoms with Gasteiger partial charge in [-0.25, -0.2) is 17.9 Å². The summed E-state index contributed by atoms with van der Waals surface area (Å²) >= 11 is 9.59. The van der Waals surface area contributed by atoms with Crippen molar-refractivity contribution in [3.05, 3.63) is 53.1 Å². The Hall–Kier alpha value is -1.99. The van der Waals surface area contributed by atoms with Crippen molar-refractivity contribution in [2.75, 3.05) is 9.62 Å². The average molecular weight is 331 g/mol. The van der Waals surface area contributed by atoms with Crippen LogP contribution in [0.1, 0.15) is 0 Å². The smallest absolute Gasteiger partial charge is 0.336 e. The predicted molar refractivity (Wildman–Crippen MR) is 80.0 cm³/mol. The Balaban J connectivity index is 2.17. The molecule has 0 heterocycles. The number of phenolic OH excluding ortho intramolecular Hbond substituents is 1. The molecule has 0 fully saturated rings. The number of rotatable bonds is 2. The van der Waals surface area contributed by atoms with Gasteiger partial charge in [0, 0.05) is 22.8 Å². The fourth-order valence-corrected chi connectivity index (χ4v) is 1.79. The Labute approximate surface area is 129 Å². The van der Waals surface area contributed by atoms with Gasteiger partial charge in [-0.15, -0.1) is 0 Å². The van der Waals surface area contributed by atoms with Gasteiger partial charge in [0.05, 0.1) is 5.69 Å². The van der Waals surface area contributed by atoms with Crippen LogP contribution in [0.15, 0.2) is 36.4 Å². The highest BCUT2D eigenvalue weighted by atomic mass is 35.5. The number of nitrogens with zero attached hydrogens (tertiary/aromatic N) is 1. The minimum Gasteiger partial charge on any atom is -0.503 e. The summed E-state index contributed by atoms with van der Waals surface area (Å²) in [5.74, 6) is -3.50. The number of anilines is 2. The van der Waals surface area contributed by atoms with Crippen LogP contribution in [0.3, 0.4) is 0 Å². The van der Waals surface area contributed by atoms with Crippen molar-refractivity contribution in [2.45, 2.75) is 0 Å². The second-order valence-electron chi connectivity index (χ2n) is 4.01. The van der Waals surface area contributed by atoms with Crippen LogP contribution >= 0.6 is 24.4 Å². The number of thiol groups is 1. The van der Waals surface area contributed by atoms with Crippen molar-refractivity contribution >= 4 is 41.8 Å². The highest BCUT2D eigenvalue weighted by Crippen LogP contribution is 2.28. The Morgan fingerprint density at radius 1 is 1.19 bits per heavy atom. The molecule has 21 heavy (non-hydrogen) atoms. The van der Waals surface area contributed by atoms with Crippen LogP contribution in [0.25, 0.3) is 0 Å². The highest BCUT2D eigenvalue weighted by molar-refractivity contribution is 7.82. The van der Waals surface area contributed by atoms with Gasteiger partial charge in [-0.05, 0) is 24.3 Å². The number of amides is 2. The lowest BCUT2D eigenvalue weighted by molar-refractivity contribution is 0.260. The topological polar surface area (TPSA) is 52.6 Å². The van der Waals surface area contributed by atoms with Gasteiger partial charge in [0.1, 0.15) is 0 Å². The average Bonchev–Trinajstić information content (AvgIpc) is 2.45. The summed E-state index contributed by atoms with van der Waals surface area (Å²) < 4.78 is 27.2. The second kappa shape index (κ2) is 6.19. The van der Waals surface area contributed by atoms with Crippen LogP contribution in [0, 0.1) is 11.6 Å². The quantitative estimate of drug-likeness (QED) is 0.723. The van der Waals surface area contributed by atoms with Crippen molar-refractivity contribution in [3.8, 4) is 5.75 Å². The van der Waals surface area contributed by atoms with Crippen LogP contribution in [-0.2, 0) is 0 Å². The van der Waals surface area contributed by atoms with E-state index in [0.29, 0.717) is 15.0 Å². The largest absolute Gasteiger partial charge is 0.503 e. The third-order valence-electron chi connectivity index (χ3n) is 2.53. The van der Waals surface area contributed by atoms with Gasteiger partial charge in [-0.2, -0.15) is 0 Å². The Morgan fingerprint density at radius 3 is 2.24 bits per heavy atom. The number of halogens is 3. The van der Waals surface area contributed by atoms with Crippen LogP contribution in [-0.4, -0.2) is 11.1 Å². The zero-order chi connectivity index (χ0) is 15.6. The molecule has 0 saturated heterocycles. The summed E-state index contributed by atoms with van der Waals surface area (Å²) in [4.78, 5) is 11.9. The molecule has 2 rings (SSSR count). The third kappa shape index (κ3) is 3.56. The lowest BCUT2D eigenvalue weighted by atomic mass is 10.2. The lowest BCUT2D eigenvalue weighted by Crippen LogP contribution is -2.26. The number of carbonyl (C=O) groups excluding carboxylic acids is 1. The number of hydrogen-bond donors (Lipinski definition) is 3. The van der Waals surface area contributed by atoms with Crippen molar-refractivity contribution in [2.24, 2.45) is 0 Å². The van der Waals surface area contributed by atoms with E-state index in [2.05, 4.69) is 18.1 Å². The molecule has 0 radical (unpaired) electrons. The molecule has 0 saturated carbocycles. The second-order valence-corrected chi connectivity index (χ2v) is 4.84. The molecule has 0 aliphatic carbocycles. The van der Waals surface area contributed by atoms with Crippen molar-refractivity contribution in [1.29, 1.82) is 0 Å². The molecule has 0 unspecified atom stereocenters. The summed E-state index contributed by atoms with van der Waals surface area (Å²) in [6.07, 6.45) is 0. The summed E-state index contributed by atoms with van der Waals surface area (Å²) in [5.41, 5.74) is 0.265. The zero-order valence-corrected chi connectivity index (χ0v) is 12.0. The van der Waals surface area contributed by atoms with E-state index >= 15 is 0 Å². The molecule has 2 amide bonds. The summed E-state index contributed by atoms with van der Waals surface area (Å²) in [5, 5.41) is 12.0. The number of carbonyl (C=O) groups is 1. The molecule has 0 bridgehead atoms. The molecular weight excluding hydrogens is 322 g/mol. The molecular formula is C13H9ClF2N2O2S. The van der Waals surface area contributed by atoms with Crippen LogP contribution in [0.5, 0.6) is 5.75 Å². The van der Waals surface area contributed by atoms with Crippen LogP contribution < -0.4 is 9.62 Å². The minimum atomic E-state index is -1.19. The Morgan fingerprint density at radius 2 is 1.71 bits per heavy atom. The van der Waals surface area contributed by atoms with E-state index in [9.17, 15) is 13.6 Å². The van der Waals surface area contributed by atoms with Crippen molar-refractivity contribution in [3.63, 3.8) is 0 Å². The third-order valence-corrected chi connectivity index (χ3v) is 3.20. The predicted octanol–water partition coefficient (Wildman–Crippen LogP) is 4.21. The SMILES string of the molecule is O=C(Nc1ccc(Cl)cc1)N(S)c1cc(F)c(O)c(F)c1. The number of urea groups is 1. The number of benzene rings is 2. The summed E-state index contributed by atoms with van der Waals surface area (Å²) in [6.45, 7) is 0. The first-order valence-corrected chi connectivity index (χ1v) is 6.40. The summed E-state index contributed by atoms with van der Waals surface area (Å²) in [7, 11) is 0. The van der Waals surface area contributed by atoms with Crippen LogP contribution in [0.2, 0.25) is 5.02 Å². The maximum Gasteiger partial charge on any atom is 0.336 e. The molecule has 2 aromatic carbocycles. The van der Waals surface area contributed by atoms with Gasteiger partial charge in [0.15, 0.2) is 17.4 Å². The monoisotopic (exact) mass is 330 g/mol. The first-order valence-electron chi connectivity index (χ1n) is 5.62. The fraction of sp³-hybridized carbons (Fsp3) is 0. The number of hydrogen-bond acceptors (Lipinski definition) is 3. The van der Waals surface area contributed by atoms with Gasteiger partial charge in [-0.3, -0.25) is 0 Å². The van der Waals surface area contributed by atoms with Crippen LogP contribution in [0.4, 0.5) is 25.0 Å². The molecule has 2 N–H and O–H groups in total. The maximum absolute atomic E-state index is 13.2. The van der Waals surface area contributed by atoms with Crippen molar-refractivity contribution < 1.29 is 18.7 Å². The molecule has 0 spiro atoms. The fourth-order valence-electron chi connectivity index (χ4n) is 1.50. The maximum atomic E-state index is 13.2. The van der Waals surface area contributed by atoms with Gasteiger partial charge in [-0.1, -0.05) is 24.4 Å². The first kappa shape index (κ1) is 15.4. The van der Waals surface area contributed by atoms with E-state index in [0.717, 1.165) is 12.1 Å². The van der Waals surface area contributed by atoms with Gasteiger partial charge < -0.3 is 10.4 Å². The molecule has 4 nitrogen and oxygen atoms in total. The van der Waals surface area contributed by atoms with E-state index in [-0.39, 0.29) is 5.69 Å². The van der Waals surface area contributed by atoms with E-state index < -0.39 is 23.4 Å². The van der Waals surface area contributed by atoms with Gasteiger partial charge >= 0.3 is 6.03 Å². The van der Waals surface area contributed by atoms with Crippen molar-refractivity contribution in [1.82, 2.24) is 0 Å². The number of phenols is 1. The van der Waals surface area contributed by atoms with E-state index in [1.54, 1.807) is 24.3 Å². The van der Waals surface area contributed by atoms with E-state index in [4.69, 9.17) is 16.7 Å². The summed E-state index contributed by atoms with van der Waals surface area (Å²) in [6, 6.07) is 7.09. The minimum absolute atomic E-state index is 0.169. The highest BCUT2D eigenvalue weighted by Gasteiger charge is 2.17. The molecule has 8 heteroatoms. The molecule has 0 atom stereocenters. The molecule has 0 aliphatic heterocycles. The Bertz CT molecular complexity index is 659. The number of nitrogens with one attached hydrogen (secondary N) is 1. The zero-order valence-electron chi connectivity index (χ0n) is 10.3. The lowest BCUT2D eigenvalue weighted by Gasteiger charge is -2.17. The van der Waals surface area contributed by atoms with Gasteiger partial charge in [0.25, 0.3) is 0 Å². The number of aromatic hydroxyl groups is 1. The molecule has 2 aromatic rings. The first-order chi connectivity index (χ1) is 9.88. The normalized spacial score (nSPS) is 10.3. The molecule has 110 valence electrons. The van der Waals surface area contributed by atoms with Gasteiger partial charge in [0.2, 0.25) is 0 Å². The molecule has 0 aliphatic rings. The Kier molecular flexibility index (Phi) is 4.54. The van der Waals surface area contributed by atoms with E-state index in [1.807, 2.05) is 0 Å². The standard InChI is InChI=1S/C13H9ClF2N2O2S/c14-7-1-3-8(4-2-7)17-13(20)18(21)9-5-10(15)12(19)11(16)6-9/h1-6,19,21H,(H,17,20). The molecule has 0 aromatic heterocycles.